The van der Waals surface area contributed by atoms with Gasteiger partial charge in [-0.15, -0.1) is 0 Å². The number of hydrogen-bond acceptors (Lipinski definition) is 5. The first-order chi connectivity index (χ1) is 14.0. The Morgan fingerprint density at radius 1 is 1.34 bits per heavy atom. The second kappa shape index (κ2) is 6.43. The van der Waals surface area contributed by atoms with Crippen LogP contribution >= 0.6 is 0 Å². The third kappa shape index (κ3) is 2.88. The summed E-state index contributed by atoms with van der Waals surface area (Å²) in [7, 11) is 0. The number of amides is 2. The van der Waals surface area contributed by atoms with Crippen LogP contribution in [0, 0.1) is 0 Å². The summed E-state index contributed by atoms with van der Waals surface area (Å²) in [6.07, 6.45) is 3.46. The Kier molecular flexibility index (Phi) is 4.08. The molecular weight excluding hydrogens is 370 g/mol. The molecule has 1 saturated carbocycles. The van der Waals surface area contributed by atoms with Gasteiger partial charge < -0.3 is 19.9 Å². The van der Waals surface area contributed by atoms with E-state index in [1.54, 1.807) is 18.3 Å². The molecule has 0 bridgehead atoms. The Morgan fingerprint density at radius 2 is 2.17 bits per heavy atom. The van der Waals surface area contributed by atoms with Gasteiger partial charge in [-0.2, -0.15) is 0 Å². The van der Waals surface area contributed by atoms with E-state index < -0.39 is 11.8 Å². The molecule has 2 fully saturated rings. The number of anilines is 1. The Hall–Kier alpha value is -2.64. The van der Waals surface area contributed by atoms with Crippen LogP contribution < -0.4 is 15.0 Å². The number of aliphatic hydroxyl groups is 1. The predicted octanol–water partition coefficient (Wildman–Crippen LogP) is 3.45. The van der Waals surface area contributed by atoms with Crippen molar-refractivity contribution in [2.45, 2.75) is 56.9 Å². The number of nitrogens with one attached hydrogen (secondary N) is 1. The molecule has 2 atom stereocenters. The van der Waals surface area contributed by atoms with Crippen LogP contribution in [0.15, 0.2) is 36.5 Å². The molecule has 5 rings (SSSR count). The van der Waals surface area contributed by atoms with Crippen molar-refractivity contribution in [1.82, 2.24) is 10.3 Å². The van der Waals surface area contributed by atoms with E-state index in [2.05, 4.69) is 16.4 Å². The zero-order chi connectivity index (χ0) is 20.2. The maximum absolute atomic E-state index is 12.4. The lowest BCUT2D eigenvalue weighted by atomic mass is 9.89. The van der Waals surface area contributed by atoms with E-state index in [1.807, 2.05) is 26.0 Å². The summed E-state index contributed by atoms with van der Waals surface area (Å²) in [6, 6.07) is 9.20. The predicted molar refractivity (Wildman–Crippen MR) is 107 cm³/mol. The number of carbonyl (C=O) groups excluding carboxylic acids is 1. The molecule has 0 radical (unpaired) electrons. The van der Waals surface area contributed by atoms with Gasteiger partial charge in [0.15, 0.2) is 6.23 Å². The number of rotatable bonds is 4. The van der Waals surface area contributed by atoms with E-state index in [4.69, 9.17) is 9.47 Å². The fourth-order valence-corrected chi connectivity index (χ4v) is 4.34. The average Bonchev–Trinajstić information content (AvgIpc) is 3.44. The van der Waals surface area contributed by atoms with Gasteiger partial charge in [-0.3, -0.25) is 4.90 Å². The molecule has 2 aliphatic heterocycles. The zero-order valence-electron chi connectivity index (χ0n) is 16.6. The number of pyridine rings is 1. The molecule has 1 unspecified atom stereocenters. The van der Waals surface area contributed by atoms with Crippen LogP contribution in [-0.2, 0) is 16.8 Å². The summed E-state index contributed by atoms with van der Waals surface area (Å²) in [5.41, 5.74) is 2.35. The minimum absolute atomic E-state index is 0.0898. The van der Waals surface area contributed by atoms with Crippen molar-refractivity contribution in [3.63, 3.8) is 0 Å². The number of benzene rings is 1. The van der Waals surface area contributed by atoms with Crippen molar-refractivity contribution in [3.8, 4) is 11.6 Å². The molecule has 3 aliphatic rings. The van der Waals surface area contributed by atoms with Crippen molar-refractivity contribution in [2.75, 3.05) is 11.5 Å². The minimum Gasteiger partial charge on any atom is -0.439 e. The lowest BCUT2D eigenvalue weighted by molar-refractivity contribution is 0.0827. The van der Waals surface area contributed by atoms with E-state index in [0.717, 1.165) is 25.2 Å². The maximum atomic E-state index is 12.4. The number of fused-ring (bicyclic) bond motifs is 2. The normalized spacial score (nSPS) is 26.9. The summed E-state index contributed by atoms with van der Waals surface area (Å²) < 4.78 is 11.9. The molecule has 2 N–H and O–H groups in total. The molecule has 2 amide bonds. The van der Waals surface area contributed by atoms with Crippen molar-refractivity contribution >= 4 is 11.7 Å². The zero-order valence-corrected chi connectivity index (χ0v) is 16.6. The fraction of sp³-hybridized carbons (Fsp3) is 0.455. The quantitative estimate of drug-likeness (QED) is 0.828. The highest BCUT2D eigenvalue weighted by molar-refractivity contribution is 5.95. The molecule has 152 valence electrons. The molecule has 1 aromatic carbocycles. The van der Waals surface area contributed by atoms with Crippen LogP contribution in [-0.4, -0.2) is 34.5 Å². The standard InChI is InChI=1S/C22H25N3O4/c1-3-21(2)19(26)25(20(27)24-21)15-7-8-17(23-11-15)29-16-6-4-5-14-12-28-13-22(9-10-22)18(14)16/h4-8,11,19,26H,3,9-10,12-13H2,1-2H3,(H,24,27)/t19?,21-/m1/s1. The van der Waals surface area contributed by atoms with Crippen LogP contribution in [0.4, 0.5) is 10.5 Å². The van der Waals surface area contributed by atoms with Crippen molar-refractivity contribution < 1.29 is 19.4 Å². The largest absolute Gasteiger partial charge is 0.439 e. The number of carbonyl (C=O) groups is 1. The second-order valence-corrected chi connectivity index (χ2v) is 8.46. The van der Waals surface area contributed by atoms with Crippen LogP contribution in [0.1, 0.15) is 44.2 Å². The summed E-state index contributed by atoms with van der Waals surface area (Å²) in [6.45, 7) is 5.11. The summed E-state index contributed by atoms with van der Waals surface area (Å²) >= 11 is 0. The van der Waals surface area contributed by atoms with Crippen molar-refractivity contribution in [2.24, 2.45) is 0 Å². The van der Waals surface area contributed by atoms with Crippen LogP contribution in [0.2, 0.25) is 0 Å². The van der Waals surface area contributed by atoms with Crippen molar-refractivity contribution in [1.29, 1.82) is 0 Å². The average molecular weight is 395 g/mol. The first-order valence-electron chi connectivity index (χ1n) is 10.1. The monoisotopic (exact) mass is 395 g/mol. The molecular formula is C22H25N3O4. The Balaban J connectivity index is 1.40. The number of nitrogens with zero attached hydrogens (tertiary/aromatic N) is 2. The van der Waals surface area contributed by atoms with Gasteiger partial charge in [-0.05, 0) is 43.9 Å². The molecule has 1 saturated heterocycles. The minimum atomic E-state index is -0.954. The third-order valence-corrected chi connectivity index (χ3v) is 6.51. The van der Waals surface area contributed by atoms with Crippen LogP contribution in [0.25, 0.3) is 0 Å². The highest BCUT2D eigenvalue weighted by Crippen LogP contribution is 2.55. The molecule has 1 aliphatic carbocycles. The first kappa shape index (κ1) is 18.4. The van der Waals surface area contributed by atoms with E-state index in [1.165, 1.54) is 16.0 Å². The number of urea groups is 1. The summed E-state index contributed by atoms with van der Waals surface area (Å²) in [4.78, 5) is 18.1. The van der Waals surface area contributed by atoms with E-state index in [0.29, 0.717) is 24.6 Å². The molecule has 2 aromatic rings. The topological polar surface area (TPSA) is 83.9 Å². The Labute approximate surface area is 169 Å². The van der Waals surface area contributed by atoms with Gasteiger partial charge in [0.25, 0.3) is 0 Å². The van der Waals surface area contributed by atoms with Gasteiger partial charge in [-0.1, -0.05) is 19.1 Å². The second-order valence-electron chi connectivity index (χ2n) is 8.46. The molecule has 1 aromatic heterocycles. The molecule has 3 heterocycles. The lowest BCUT2D eigenvalue weighted by Crippen LogP contribution is -2.46. The molecule has 7 heteroatoms. The highest BCUT2D eigenvalue weighted by atomic mass is 16.5. The van der Waals surface area contributed by atoms with Gasteiger partial charge in [-0.25, -0.2) is 9.78 Å². The Morgan fingerprint density at radius 3 is 2.83 bits per heavy atom. The molecule has 1 spiro atoms. The van der Waals surface area contributed by atoms with Gasteiger partial charge in [0.2, 0.25) is 5.88 Å². The third-order valence-electron chi connectivity index (χ3n) is 6.51. The first-order valence-corrected chi connectivity index (χ1v) is 10.1. The van der Waals surface area contributed by atoms with Crippen LogP contribution in [0.5, 0.6) is 11.6 Å². The van der Waals surface area contributed by atoms with E-state index in [-0.39, 0.29) is 11.4 Å². The van der Waals surface area contributed by atoms with E-state index >= 15 is 0 Å². The molecule has 7 nitrogen and oxygen atoms in total. The molecule has 29 heavy (non-hydrogen) atoms. The maximum Gasteiger partial charge on any atom is 0.324 e. The summed E-state index contributed by atoms with van der Waals surface area (Å²) in [5.74, 6) is 1.28. The SMILES string of the molecule is CC[C@@]1(C)NC(=O)N(c2ccc(Oc3cccc4c3C3(CC3)COC4)nc2)C1O. The van der Waals surface area contributed by atoms with Gasteiger partial charge in [0.1, 0.15) is 5.75 Å². The number of aliphatic hydroxyl groups excluding tert-OH is 1. The van der Waals surface area contributed by atoms with Gasteiger partial charge in [0, 0.05) is 17.0 Å². The number of ether oxygens (including phenoxy) is 2. The number of hydrogen-bond donors (Lipinski definition) is 2. The van der Waals surface area contributed by atoms with Gasteiger partial charge >= 0.3 is 6.03 Å². The summed E-state index contributed by atoms with van der Waals surface area (Å²) in [5, 5.41) is 13.5. The van der Waals surface area contributed by atoms with Crippen LogP contribution in [0.3, 0.4) is 0 Å². The van der Waals surface area contributed by atoms with E-state index in [9.17, 15) is 9.90 Å². The fourth-order valence-electron chi connectivity index (χ4n) is 4.34. The Bertz CT molecular complexity index is 957. The van der Waals surface area contributed by atoms with Crippen molar-refractivity contribution in [3.05, 3.63) is 47.7 Å². The lowest BCUT2D eigenvalue weighted by Gasteiger charge is -2.28. The number of aromatic nitrogens is 1. The highest BCUT2D eigenvalue weighted by Gasteiger charge is 2.50. The smallest absolute Gasteiger partial charge is 0.324 e. The van der Waals surface area contributed by atoms with Gasteiger partial charge in [0.05, 0.1) is 30.6 Å².